The number of carbonyl (C=O) groups excluding carboxylic acids is 4. The SMILES string of the molecule is CCOC(=O)c1c(-c2ccccc2Cl)csc1NC(=O)COC(=O)C(C)NC(=O)C(C)(C)C. The molecule has 2 amide bonds. The van der Waals surface area contributed by atoms with Crippen LogP contribution >= 0.6 is 22.9 Å². The Balaban J connectivity index is 2.11. The van der Waals surface area contributed by atoms with Crippen LogP contribution in [0.1, 0.15) is 45.0 Å². The van der Waals surface area contributed by atoms with Crippen molar-refractivity contribution in [2.75, 3.05) is 18.5 Å². The number of hydrogen-bond donors (Lipinski definition) is 2. The summed E-state index contributed by atoms with van der Waals surface area (Å²) >= 11 is 7.41. The third-order valence-corrected chi connectivity index (χ3v) is 5.64. The maximum absolute atomic E-state index is 12.6. The maximum atomic E-state index is 12.6. The fraction of sp³-hybridized carbons (Fsp3) is 0.391. The van der Waals surface area contributed by atoms with Gasteiger partial charge in [-0.15, -0.1) is 11.3 Å². The van der Waals surface area contributed by atoms with Gasteiger partial charge in [-0.05, 0) is 19.9 Å². The number of amides is 2. The summed E-state index contributed by atoms with van der Waals surface area (Å²) < 4.78 is 10.2. The first-order valence-corrected chi connectivity index (χ1v) is 11.5. The third-order valence-electron chi connectivity index (χ3n) is 4.42. The second-order valence-electron chi connectivity index (χ2n) is 8.15. The van der Waals surface area contributed by atoms with E-state index in [1.807, 2.05) is 0 Å². The lowest BCUT2D eigenvalue weighted by molar-refractivity contribution is -0.150. The zero-order chi connectivity index (χ0) is 24.8. The number of halogens is 1. The Labute approximate surface area is 201 Å². The lowest BCUT2D eigenvalue weighted by Gasteiger charge is -2.20. The van der Waals surface area contributed by atoms with Crippen molar-refractivity contribution in [1.29, 1.82) is 0 Å². The molecule has 1 aromatic carbocycles. The van der Waals surface area contributed by atoms with Crippen molar-refractivity contribution in [2.24, 2.45) is 5.41 Å². The van der Waals surface area contributed by atoms with Gasteiger partial charge in [0.15, 0.2) is 6.61 Å². The lowest BCUT2D eigenvalue weighted by atomic mass is 9.95. The number of nitrogens with one attached hydrogen (secondary N) is 2. The molecule has 2 N–H and O–H groups in total. The molecule has 178 valence electrons. The van der Waals surface area contributed by atoms with E-state index in [1.54, 1.807) is 57.3 Å². The standard InChI is InChI=1S/C23H27ClN2O6S/c1-6-31-21(29)18-15(14-9-7-8-10-16(14)24)12-33-19(18)26-17(27)11-32-20(28)13(2)25-22(30)23(3,4)5/h7-10,12-13H,6,11H2,1-5H3,(H,25,30)(H,26,27). The molecule has 1 atom stereocenters. The van der Waals surface area contributed by atoms with Crippen LogP contribution < -0.4 is 10.6 Å². The summed E-state index contributed by atoms with van der Waals surface area (Å²) in [5, 5.41) is 7.52. The number of rotatable bonds is 8. The topological polar surface area (TPSA) is 111 Å². The Morgan fingerprint density at radius 3 is 2.36 bits per heavy atom. The van der Waals surface area contributed by atoms with Crippen LogP contribution in [0.25, 0.3) is 11.1 Å². The molecular weight excluding hydrogens is 468 g/mol. The zero-order valence-electron chi connectivity index (χ0n) is 19.1. The average molecular weight is 495 g/mol. The van der Waals surface area contributed by atoms with Crippen molar-refractivity contribution in [3.63, 3.8) is 0 Å². The van der Waals surface area contributed by atoms with Gasteiger partial charge in [-0.25, -0.2) is 9.59 Å². The van der Waals surface area contributed by atoms with Crippen molar-refractivity contribution in [2.45, 2.75) is 40.7 Å². The monoisotopic (exact) mass is 494 g/mol. The van der Waals surface area contributed by atoms with Gasteiger partial charge in [0.2, 0.25) is 5.91 Å². The highest BCUT2D eigenvalue weighted by atomic mass is 35.5. The quantitative estimate of drug-likeness (QED) is 0.530. The zero-order valence-corrected chi connectivity index (χ0v) is 20.7. The van der Waals surface area contributed by atoms with Crippen LogP contribution in [0.15, 0.2) is 29.6 Å². The Morgan fingerprint density at radius 1 is 1.09 bits per heavy atom. The van der Waals surface area contributed by atoms with Gasteiger partial charge in [0, 0.05) is 26.9 Å². The van der Waals surface area contributed by atoms with E-state index >= 15 is 0 Å². The summed E-state index contributed by atoms with van der Waals surface area (Å²) in [7, 11) is 0. The van der Waals surface area contributed by atoms with Crippen LogP contribution in [0.4, 0.5) is 5.00 Å². The highest BCUT2D eigenvalue weighted by Gasteiger charge is 2.27. The van der Waals surface area contributed by atoms with E-state index < -0.39 is 35.9 Å². The van der Waals surface area contributed by atoms with Crippen molar-refractivity contribution in [1.82, 2.24) is 5.32 Å². The Kier molecular flexibility index (Phi) is 9.01. The largest absolute Gasteiger partial charge is 0.462 e. The molecule has 0 aliphatic rings. The van der Waals surface area contributed by atoms with Gasteiger partial charge < -0.3 is 20.1 Å². The predicted molar refractivity (Wildman–Crippen MR) is 127 cm³/mol. The third kappa shape index (κ3) is 7.03. The molecule has 0 aliphatic heterocycles. The number of thiophene rings is 1. The Hall–Kier alpha value is -2.91. The summed E-state index contributed by atoms with van der Waals surface area (Å²) in [6.07, 6.45) is 0. The van der Waals surface area contributed by atoms with Crippen LogP contribution in [-0.4, -0.2) is 43.0 Å². The van der Waals surface area contributed by atoms with E-state index in [4.69, 9.17) is 21.1 Å². The number of anilines is 1. The molecule has 0 spiro atoms. The molecule has 0 aliphatic carbocycles. The molecule has 1 aromatic heterocycles. The van der Waals surface area contributed by atoms with Crippen LogP contribution in [0.3, 0.4) is 0 Å². The number of ether oxygens (including phenoxy) is 2. The average Bonchev–Trinajstić information content (AvgIpc) is 3.14. The molecule has 1 heterocycles. The van der Waals surface area contributed by atoms with E-state index in [-0.39, 0.29) is 23.1 Å². The predicted octanol–water partition coefficient (Wildman–Crippen LogP) is 4.28. The van der Waals surface area contributed by atoms with Crippen LogP contribution in [0.2, 0.25) is 5.02 Å². The van der Waals surface area contributed by atoms with E-state index in [0.29, 0.717) is 16.1 Å². The van der Waals surface area contributed by atoms with Gasteiger partial charge in [0.25, 0.3) is 5.91 Å². The van der Waals surface area contributed by atoms with Crippen LogP contribution in [0, 0.1) is 5.41 Å². The van der Waals surface area contributed by atoms with Crippen molar-refractivity contribution >= 4 is 51.7 Å². The van der Waals surface area contributed by atoms with Gasteiger partial charge >= 0.3 is 11.9 Å². The first-order chi connectivity index (χ1) is 15.5. The van der Waals surface area contributed by atoms with Crippen LogP contribution in [-0.2, 0) is 23.9 Å². The number of esters is 2. The minimum Gasteiger partial charge on any atom is -0.462 e. The summed E-state index contributed by atoms with van der Waals surface area (Å²) in [5.74, 6) is -2.33. The molecule has 1 unspecified atom stereocenters. The number of carbonyl (C=O) groups is 4. The van der Waals surface area contributed by atoms with Gasteiger partial charge in [-0.3, -0.25) is 9.59 Å². The minimum atomic E-state index is -0.923. The Bertz CT molecular complexity index is 1040. The summed E-state index contributed by atoms with van der Waals surface area (Å²) in [5.41, 5.74) is 0.637. The first kappa shape index (κ1) is 26.3. The Morgan fingerprint density at radius 2 is 1.76 bits per heavy atom. The fourth-order valence-corrected chi connectivity index (χ4v) is 3.83. The molecule has 2 aromatic rings. The fourth-order valence-electron chi connectivity index (χ4n) is 2.63. The number of benzene rings is 1. The minimum absolute atomic E-state index is 0.153. The second-order valence-corrected chi connectivity index (χ2v) is 9.44. The molecular formula is C23H27ClN2O6S. The van der Waals surface area contributed by atoms with Crippen molar-refractivity contribution in [3.8, 4) is 11.1 Å². The molecule has 10 heteroatoms. The number of hydrogen-bond acceptors (Lipinski definition) is 7. The smallest absolute Gasteiger partial charge is 0.341 e. The molecule has 0 saturated carbocycles. The highest BCUT2D eigenvalue weighted by Crippen LogP contribution is 2.39. The van der Waals surface area contributed by atoms with E-state index in [9.17, 15) is 19.2 Å². The van der Waals surface area contributed by atoms with Crippen molar-refractivity contribution in [3.05, 3.63) is 40.2 Å². The summed E-state index contributed by atoms with van der Waals surface area (Å²) in [4.78, 5) is 49.2. The first-order valence-electron chi connectivity index (χ1n) is 10.3. The molecule has 0 saturated heterocycles. The second kappa shape index (κ2) is 11.3. The molecule has 8 nitrogen and oxygen atoms in total. The van der Waals surface area contributed by atoms with Gasteiger partial charge in [0.05, 0.1) is 6.61 Å². The maximum Gasteiger partial charge on any atom is 0.341 e. The van der Waals surface area contributed by atoms with E-state index in [0.717, 1.165) is 11.3 Å². The molecule has 33 heavy (non-hydrogen) atoms. The van der Waals surface area contributed by atoms with Crippen molar-refractivity contribution < 1.29 is 28.7 Å². The normalized spacial score (nSPS) is 11.9. The summed E-state index contributed by atoms with van der Waals surface area (Å²) in [6.45, 7) is 7.86. The van der Waals surface area contributed by atoms with E-state index in [1.165, 1.54) is 6.92 Å². The van der Waals surface area contributed by atoms with Gasteiger partial charge in [0.1, 0.15) is 16.6 Å². The molecule has 0 fully saturated rings. The molecule has 2 rings (SSSR count). The molecule has 0 bridgehead atoms. The van der Waals surface area contributed by atoms with Crippen LogP contribution in [0.5, 0.6) is 0 Å². The highest BCUT2D eigenvalue weighted by molar-refractivity contribution is 7.15. The van der Waals surface area contributed by atoms with Gasteiger partial charge in [-0.1, -0.05) is 50.6 Å². The summed E-state index contributed by atoms with van der Waals surface area (Å²) in [6, 6.07) is 6.08. The molecule has 0 radical (unpaired) electrons. The van der Waals surface area contributed by atoms with E-state index in [2.05, 4.69) is 10.6 Å². The lowest BCUT2D eigenvalue weighted by Crippen LogP contribution is -2.45. The van der Waals surface area contributed by atoms with Gasteiger partial charge in [-0.2, -0.15) is 0 Å².